The third-order valence-electron chi connectivity index (χ3n) is 8.95. The number of ether oxygens (including phenoxy) is 1. The van der Waals surface area contributed by atoms with E-state index < -0.39 is 12.0 Å². The Morgan fingerprint density at radius 2 is 1.83 bits per heavy atom. The number of para-hydroxylation sites is 2. The van der Waals surface area contributed by atoms with Crippen molar-refractivity contribution in [2.75, 3.05) is 43.6 Å². The van der Waals surface area contributed by atoms with Gasteiger partial charge in [-0.05, 0) is 78.5 Å². The summed E-state index contributed by atoms with van der Waals surface area (Å²) in [6.45, 7) is 10.4. The number of alkyl halides is 2. The minimum atomic E-state index is -2.76. The van der Waals surface area contributed by atoms with Crippen molar-refractivity contribution in [1.82, 2.24) is 24.4 Å². The number of hydrogen-bond donors (Lipinski definition) is 2. The maximum atomic E-state index is 14.2. The molecule has 2 fully saturated rings. The molecule has 9 nitrogen and oxygen atoms in total. The number of imidazole rings is 1. The van der Waals surface area contributed by atoms with E-state index >= 15 is 0 Å². The molecule has 0 radical (unpaired) electrons. The molecule has 2 N–H and O–H groups in total. The molecule has 0 spiro atoms. The van der Waals surface area contributed by atoms with Gasteiger partial charge in [0.15, 0.2) is 5.82 Å². The third kappa shape index (κ3) is 6.47. The molecule has 3 aromatic rings. The van der Waals surface area contributed by atoms with Crippen LogP contribution in [0.25, 0.3) is 16.9 Å². The second-order valence-corrected chi connectivity index (χ2v) is 12.2. The maximum Gasteiger partial charge on any atom is 0.296 e. The number of fused-ring (bicyclic) bond motifs is 1. The predicted octanol–water partition coefficient (Wildman–Crippen LogP) is 5.04. The van der Waals surface area contributed by atoms with E-state index in [1.807, 2.05) is 19.9 Å². The minimum absolute atomic E-state index is 0.0664. The van der Waals surface area contributed by atoms with E-state index in [9.17, 15) is 13.9 Å². The highest BCUT2D eigenvalue weighted by Gasteiger charge is 2.33. The van der Waals surface area contributed by atoms with E-state index in [0.717, 1.165) is 25.7 Å². The van der Waals surface area contributed by atoms with Crippen molar-refractivity contribution in [3.05, 3.63) is 36.2 Å². The van der Waals surface area contributed by atoms with E-state index in [1.165, 1.54) is 4.57 Å². The van der Waals surface area contributed by atoms with Crippen LogP contribution < -0.4 is 10.2 Å². The average molecular weight is 572 g/mol. The van der Waals surface area contributed by atoms with E-state index in [-0.39, 0.29) is 17.9 Å². The van der Waals surface area contributed by atoms with Gasteiger partial charge in [0.1, 0.15) is 11.6 Å². The molecule has 0 bridgehead atoms. The van der Waals surface area contributed by atoms with Crippen molar-refractivity contribution in [1.29, 1.82) is 0 Å². The van der Waals surface area contributed by atoms with Crippen molar-refractivity contribution in [2.45, 2.75) is 83.5 Å². The van der Waals surface area contributed by atoms with Crippen LogP contribution in [0, 0.1) is 5.92 Å². The molecule has 3 heterocycles. The Labute approximate surface area is 240 Å². The lowest BCUT2D eigenvalue weighted by atomic mass is 9.84. The number of morpholine rings is 1. The zero-order chi connectivity index (χ0) is 29.3. The van der Waals surface area contributed by atoms with Gasteiger partial charge in [-0.15, -0.1) is 0 Å². The maximum absolute atomic E-state index is 14.2. The van der Waals surface area contributed by atoms with Crippen molar-refractivity contribution in [3.8, 4) is 5.82 Å². The second-order valence-electron chi connectivity index (χ2n) is 12.2. The van der Waals surface area contributed by atoms with Crippen LogP contribution in [0.15, 0.2) is 30.3 Å². The lowest BCUT2D eigenvalue weighted by Gasteiger charge is -2.42. The van der Waals surface area contributed by atoms with Crippen LogP contribution in [-0.4, -0.2) is 86.6 Å². The van der Waals surface area contributed by atoms with E-state index in [0.29, 0.717) is 66.9 Å². The summed E-state index contributed by atoms with van der Waals surface area (Å²) in [5.74, 6) is 1.58. The molecule has 1 aliphatic heterocycles. The first-order chi connectivity index (χ1) is 19.5. The summed E-state index contributed by atoms with van der Waals surface area (Å²) in [6, 6.07) is 9.50. The molecule has 11 heteroatoms. The summed E-state index contributed by atoms with van der Waals surface area (Å²) in [4.78, 5) is 18.3. The number of rotatable bonds is 9. The summed E-state index contributed by atoms with van der Waals surface area (Å²) < 4.78 is 35.4. The first-order valence-corrected chi connectivity index (χ1v) is 14.7. The molecule has 5 rings (SSSR count). The van der Waals surface area contributed by atoms with Gasteiger partial charge in [0.25, 0.3) is 6.43 Å². The quantitative estimate of drug-likeness (QED) is 0.369. The summed E-state index contributed by atoms with van der Waals surface area (Å²) in [7, 11) is 2.10. The highest BCUT2D eigenvalue weighted by atomic mass is 19.3. The first-order valence-electron chi connectivity index (χ1n) is 14.7. The number of nitrogens with zero attached hydrogens (tertiary/aromatic N) is 6. The largest absolute Gasteiger partial charge is 0.389 e. The highest BCUT2D eigenvalue weighted by Crippen LogP contribution is 2.32. The lowest BCUT2D eigenvalue weighted by Crippen LogP contribution is -2.50. The SMILES string of the molecule is CC(N(C)C1CCC(CNc2nc(N3CCOC[C@@H]3C)cc(-n3c(C(F)F)nc4ccccc43)n2)CC1)C(C)(C)O. The fourth-order valence-corrected chi connectivity index (χ4v) is 6.07. The molecule has 41 heavy (non-hydrogen) atoms. The van der Waals surface area contributed by atoms with Crippen LogP contribution in [-0.2, 0) is 4.74 Å². The molecule has 2 aliphatic rings. The number of hydrogen-bond acceptors (Lipinski definition) is 8. The van der Waals surface area contributed by atoms with Gasteiger partial charge in [0, 0.05) is 31.2 Å². The zero-order valence-electron chi connectivity index (χ0n) is 24.7. The van der Waals surface area contributed by atoms with Gasteiger partial charge in [0.05, 0.1) is 35.9 Å². The van der Waals surface area contributed by atoms with E-state index in [2.05, 4.69) is 41.0 Å². The minimum Gasteiger partial charge on any atom is -0.389 e. The Hall–Kier alpha value is -2.89. The van der Waals surface area contributed by atoms with Gasteiger partial charge in [-0.25, -0.2) is 13.8 Å². The second kappa shape index (κ2) is 12.1. The van der Waals surface area contributed by atoms with Crippen molar-refractivity contribution < 1.29 is 18.6 Å². The molecule has 1 unspecified atom stereocenters. The molecular formula is C30H43F2N7O2. The summed E-state index contributed by atoms with van der Waals surface area (Å²) in [5.41, 5.74) is 0.324. The summed E-state index contributed by atoms with van der Waals surface area (Å²) >= 11 is 0. The topological polar surface area (TPSA) is 91.6 Å². The number of likely N-dealkylation sites (N-methyl/N-ethyl adjacent to an activating group) is 1. The van der Waals surface area contributed by atoms with Gasteiger partial charge in [-0.2, -0.15) is 9.97 Å². The van der Waals surface area contributed by atoms with Crippen molar-refractivity contribution in [3.63, 3.8) is 0 Å². The number of halogens is 2. The van der Waals surface area contributed by atoms with Crippen LogP contribution in [0.2, 0.25) is 0 Å². The van der Waals surface area contributed by atoms with Crippen molar-refractivity contribution in [2.24, 2.45) is 5.92 Å². The van der Waals surface area contributed by atoms with Crippen LogP contribution >= 0.6 is 0 Å². The monoisotopic (exact) mass is 571 g/mol. The van der Waals surface area contributed by atoms with Crippen LogP contribution in [0.4, 0.5) is 20.5 Å². The predicted molar refractivity (Wildman–Crippen MR) is 157 cm³/mol. The Kier molecular flexibility index (Phi) is 8.77. The molecule has 2 atom stereocenters. The zero-order valence-corrected chi connectivity index (χ0v) is 24.7. The van der Waals surface area contributed by atoms with Gasteiger partial charge in [-0.1, -0.05) is 12.1 Å². The lowest BCUT2D eigenvalue weighted by molar-refractivity contribution is -0.0244. The van der Waals surface area contributed by atoms with Crippen LogP contribution in [0.5, 0.6) is 0 Å². The molecule has 1 aromatic carbocycles. The average Bonchev–Trinajstić information content (AvgIpc) is 3.35. The standard InChI is InChI=1S/C30H43F2N7O2/c1-19-18-41-15-14-38(19)25-16-26(39-24-9-7-6-8-23(24)34-28(39)27(31)32)36-29(35-25)33-17-21-10-12-22(13-11-21)37(5)20(2)30(3,4)40/h6-9,16,19-22,27,40H,10-15,17-18H2,1-5H3,(H,33,35,36)/t19-,20?,21?,22?/m0/s1. The summed E-state index contributed by atoms with van der Waals surface area (Å²) in [5, 5.41) is 13.9. The van der Waals surface area contributed by atoms with Gasteiger partial charge >= 0.3 is 0 Å². The third-order valence-corrected chi connectivity index (χ3v) is 8.95. The Balaban J connectivity index is 1.38. The normalized spacial score (nSPS) is 23.0. The number of aliphatic hydroxyl groups is 1. The fraction of sp³-hybridized carbons (Fsp3) is 0.633. The van der Waals surface area contributed by atoms with E-state index in [1.54, 1.807) is 24.3 Å². The number of benzene rings is 1. The van der Waals surface area contributed by atoms with Crippen LogP contribution in [0.3, 0.4) is 0 Å². The van der Waals surface area contributed by atoms with Crippen LogP contribution in [0.1, 0.15) is 65.6 Å². The molecular weight excluding hydrogens is 528 g/mol. The van der Waals surface area contributed by atoms with Gasteiger partial charge in [-0.3, -0.25) is 9.47 Å². The Morgan fingerprint density at radius 1 is 1.12 bits per heavy atom. The molecule has 1 aliphatic carbocycles. The molecule has 224 valence electrons. The van der Waals surface area contributed by atoms with E-state index in [4.69, 9.17) is 14.7 Å². The van der Waals surface area contributed by atoms with Crippen molar-refractivity contribution >= 4 is 22.8 Å². The first kappa shape index (κ1) is 29.6. The summed E-state index contributed by atoms with van der Waals surface area (Å²) in [6.07, 6.45) is 1.45. The number of aromatic nitrogens is 4. The Morgan fingerprint density at radius 3 is 2.51 bits per heavy atom. The number of anilines is 2. The molecule has 2 aromatic heterocycles. The highest BCUT2D eigenvalue weighted by molar-refractivity contribution is 5.78. The molecule has 1 saturated carbocycles. The molecule has 1 saturated heterocycles. The van der Waals surface area contributed by atoms with Gasteiger partial charge in [0.2, 0.25) is 5.95 Å². The molecule has 0 amide bonds. The smallest absolute Gasteiger partial charge is 0.296 e. The fourth-order valence-electron chi connectivity index (χ4n) is 6.07. The number of nitrogens with one attached hydrogen (secondary N) is 1. The van der Waals surface area contributed by atoms with Gasteiger partial charge < -0.3 is 20.1 Å². The Bertz CT molecular complexity index is 1320.